The van der Waals surface area contributed by atoms with Crippen LogP contribution in [0.5, 0.6) is 0 Å². The first-order valence-corrected chi connectivity index (χ1v) is 7.61. The molecule has 0 aromatic carbocycles. The van der Waals surface area contributed by atoms with Gasteiger partial charge in [0.2, 0.25) is 17.6 Å². The van der Waals surface area contributed by atoms with Crippen molar-refractivity contribution in [3.8, 4) is 10.7 Å². The van der Waals surface area contributed by atoms with Gasteiger partial charge in [-0.3, -0.25) is 4.79 Å². The van der Waals surface area contributed by atoms with Crippen molar-refractivity contribution in [3.05, 3.63) is 23.4 Å². The predicted octanol–water partition coefficient (Wildman–Crippen LogP) is 2.74. The van der Waals surface area contributed by atoms with Crippen LogP contribution >= 0.6 is 11.3 Å². The van der Waals surface area contributed by atoms with E-state index in [9.17, 15) is 4.79 Å². The number of amides is 1. The zero-order chi connectivity index (χ0) is 14.2. The molecule has 2 aromatic heterocycles. The Labute approximate surface area is 121 Å². The highest BCUT2D eigenvalue weighted by atomic mass is 32.1. The fourth-order valence-electron chi connectivity index (χ4n) is 2.34. The molecule has 0 aliphatic carbocycles. The SMILES string of the molecule is CC1(C)CCN1C(=O)CCc1nc(-c2cccs2)no1. The molecule has 5 nitrogen and oxygen atoms in total. The third-order valence-electron chi connectivity index (χ3n) is 3.74. The number of aryl methyl sites for hydroxylation is 1. The molecule has 0 N–H and O–H groups in total. The normalized spacial score (nSPS) is 17.0. The van der Waals surface area contributed by atoms with Crippen LogP contribution in [0, 0.1) is 0 Å². The monoisotopic (exact) mass is 291 g/mol. The molecule has 0 unspecified atom stereocenters. The fraction of sp³-hybridized carbons (Fsp3) is 0.500. The summed E-state index contributed by atoms with van der Waals surface area (Å²) in [6, 6.07) is 3.90. The maximum absolute atomic E-state index is 12.1. The largest absolute Gasteiger partial charge is 0.339 e. The lowest BCUT2D eigenvalue weighted by Gasteiger charge is -2.48. The number of thiophene rings is 1. The summed E-state index contributed by atoms with van der Waals surface area (Å²) in [5, 5.41) is 5.92. The number of carbonyl (C=O) groups is 1. The van der Waals surface area contributed by atoms with Crippen molar-refractivity contribution in [1.29, 1.82) is 0 Å². The first kappa shape index (κ1) is 13.3. The van der Waals surface area contributed by atoms with E-state index in [2.05, 4.69) is 24.0 Å². The molecule has 3 rings (SSSR count). The lowest BCUT2D eigenvalue weighted by molar-refractivity contribution is -0.144. The highest BCUT2D eigenvalue weighted by Crippen LogP contribution is 2.30. The molecule has 1 aliphatic rings. The first-order chi connectivity index (χ1) is 9.56. The summed E-state index contributed by atoms with van der Waals surface area (Å²) < 4.78 is 5.20. The minimum Gasteiger partial charge on any atom is -0.339 e. The molecule has 0 bridgehead atoms. The molecule has 20 heavy (non-hydrogen) atoms. The maximum atomic E-state index is 12.1. The minimum atomic E-state index is 0.00799. The Morgan fingerprint density at radius 3 is 3.00 bits per heavy atom. The molecule has 1 saturated heterocycles. The van der Waals surface area contributed by atoms with Gasteiger partial charge in [0.1, 0.15) is 0 Å². The minimum absolute atomic E-state index is 0.00799. The van der Waals surface area contributed by atoms with Crippen molar-refractivity contribution >= 4 is 17.2 Å². The number of aromatic nitrogens is 2. The summed E-state index contributed by atoms with van der Waals surface area (Å²) in [4.78, 5) is 19.3. The van der Waals surface area contributed by atoms with Crippen molar-refractivity contribution in [2.24, 2.45) is 0 Å². The van der Waals surface area contributed by atoms with Gasteiger partial charge in [-0.2, -0.15) is 4.98 Å². The predicted molar refractivity (Wildman–Crippen MR) is 76.3 cm³/mol. The molecular weight excluding hydrogens is 274 g/mol. The molecule has 6 heteroatoms. The van der Waals surface area contributed by atoms with Crippen LogP contribution in [0.2, 0.25) is 0 Å². The van der Waals surface area contributed by atoms with Crippen LogP contribution in [0.3, 0.4) is 0 Å². The molecule has 0 spiro atoms. The summed E-state index contributed by atoms with van der Waals surface area (Å²) in [6.45, 7) is 5.04. The van der Waals surface area contributed by atoms with Gasteiger partial charge in [0.25, 0.3) is 0 Å². The molecule has 0 atom stereocenters. The number of rotatable bonds is 4. The van der Waals surface area contributed by atoms with Gasteiger partial charge < -0.3 is 9.42 Å². The first-order valence-electron chi connectivity index (χ1n) is 6.73. The average Bonchev–Trinajstić information content (AvgIpc) is 3.06. The highest BCUT2D eigenvalue weighted by molar-refractivity contribution is 7.13. The van der Waals surface area contributed by atoms with Crippen LogP contribution in [0.25, 0.3) is 10.7 Å². The van der Waals surface area contributed by atoms with Gasteiger partial charge in [-0.25, -0.2) is 0 Å². The van der Waals surface area contributed by atoms with Crippen LogP contribution in [0.1, 0.15) is 32.6 Å². The van der Waals surface area contributed by atoms with E-state index in [1.165, 1.54) is 0 Å². The molecular formula is C14H17N3O2S. The smallest absolute Gasteiger partial charge is 0.227 e. The van der Waals surface area contributed by atoms with Crippen LogP contribution in [0.15, 0.2) is 22.0 Å². The number of carbonyl (C=O) groups excluding carboxylic acids is 1. The number of hydrogen-bond acceptors (Lipinski definition) is 5. The van der Waals surface area contributed by atoms with Gasteiger partial charge in [-0.05, 0) is 31.7 Å². The third-order valence-corrected chi connectivity index (χ3v) is 4.61. The highest BCUT2D eigenvalue weighted by Gasteiger charge is 2.38. The van der Waals surface area contributed by atoms with E-state index in [4.69, 9.17) is 4.52 Å². The van der Waals surface area contributed by atoms with Crippen LogP contribution < -0.4 is 0 Å². The van der Waals surface area contributed by atoms with Gasteiger partial charge in [0, 0.05) is 24.9 Å². The van der Waals surface area contributed by atoms with Gasteiger partial charge in [-0.15, -0.1) is 11.3 Å². The second-order valence-electron chi connectivity index (χ2n) is 5.60. The summed E-state index contributed by atoms with van der Waals surface area (Å²) in [6.07, 6.45) is 2.00. The molecule has 106 valence electrons. The topological polar surface area (TPSA) is 59.2 Å². The van der Waals surface area contributed by atoms with Crippen molar-refractivity contribution in [1.82, 2.24) is 15.0 Å². The number of hydrogen-bond donors (Lipinski definition) is 0. The molecule has 0 radical (unpaired) electrons. The van der Waals surface area contributed by atoms with Gasteiger partial charge in [0.05, 0.1) is 4.88 Å². The van der Waals surface area contributed by atoms with Crippen molar-refractivity contribution in [3.63, 3.8) is 0 Å². The zero-order valence-electron chi connectivity index (χ0n) is 11.6. The fourth-order valence-corrected chi connectivity index (χ4v) is 2.99. The summed E-state index contributed by atoms with van der Waals surface area (Å²) in [5.41, 5.74) is 0.00799. The summed E-state index contributed by atoms with van der Waals surface area (Å²) >= 11 is 1.57. The molecule has 1 fully saturated rings. The zero-order valence-corrected chi connectivity index (χ0v) is 12.4. The van der Waals surface area contributed by atoms with Crippen LogP contribution in [0.4, 0.5) is 0 Å². The lowest BCUT2D eigenvalue weighted by atomic mass is 9.88. The van der Waals surface area contributed by atoms with E-state index in [0.29, 0.717) is 24.6 Å². The molecule has 1 amide bonds. The van der Waals surface area contributed by atoms with Crippen LogP contribution in [-0.2, 0) is 11.2 Å². The van der Waals surface area contributed by atoms with E-state index < -0.39 is 0 Å². The van der Waals surface area contributed by atoms with Gasteiger partial charge in [-0.1, -0.05) is 11.2 Å². The van der Waals surface area contributed by atoms with Crippen molar-refractivity contribution < 1.29 is 9.32 Å². The Kier molecular flexibility index (Phi) is 3.33. The van der Waals surface area contributed by atoms with Crippen molar-refractivity contribution in [2.45, 2.75) is 38.6 Å². The molecule has 1 aliphatic heterocycles. The van der Waals surface area contributed by atoms with E-state index in [0.717, 1.165) is 17.8 Å². The Balaban J connectivity index is 1.58. The lowest BCUT2D eigenvalue weighted by Crippen LogP contribution is -2.58. The second-order valence-corrected chi connectivity index (χ2v) is 6.54. The van der Waals surface area contributed by atoms with E-state index >= 15 is 0 Å². The number of nitrogens with zero attached hydrogens (tertiary/aromatic N) is 3. The van der Waals surface area contributed by atoms with Crippen LogP contribution in [-0.4, -0.2) is 33.0 Å². The maximum Gasteiger partial charge on any atom is 0.227 e. The van der Waals surface area contributed by atoms with E-state index in [1.807, 2.05) is 22.4 Å². The average molecular weight is 291 g/mol. The van der Waals surface area contributed by atoms with Crippen molar-refractivity contribution in [2.75, 3.05) is 6.54 Å². The third kappa shape index (κ3) is 2.47. The van der Waals surface area contributed by atoms with Gasteiger partial charge in [0.15, 0.2) is 0 Å². The number of likely N-dealkylation sites (tertiary alicyclic amines) is 1. The summed E-state index contributed by atoms with van der Waals surface area (Å²) in [7, 11) is 0. The standard InChI is InChI=1S/C14H17N3O2S/c1-14(2)7-8-17(14)12(18)6-5-11-15-13(16-19-11)10-4-3-9-20-10/h3-4,9H,5-8H2,1-2H3. The molecule has 3 heterocycles. The second kappa shape index (κ2) is 5.01. The Hall–Kier alpha value is -1.69. The van der Waals surface area contributed by atoms with E-state index in [1.54, 1.807) is 11.3 Å². The summed E-state index contributed by atoms with van der Waals surface area (Å²) in [5.74, 6) is 1.30. The molecule has 0 saturated carbocycles. The Morgan fingerprint density at radius 2 is 2.40 bits per heavy atom. The Bertz CT molecular complexity index is 604. The van der Waals surface area contributed by atoms with Gasteiger partial charge >= 0.3 is 0 Å². The quantitative estimate of drug-likeness (QED) is 0.869. The molecule has 2 aromatic rings. The Morgan fingerprint density at radius 1 is 1.55 bits per heavy atom. The van der Waals surface area contributed by atoms with E-state index in [-0.39, 0.29) is 11.4 Å².